The van der Waals surface area contributed by atoms with Crippen molar-refractivity contribution in [3.05, 3.63) is 82.4 Å². The van der Waals surface area contributed by atoms with E-state index in [1.54, 1.807) is 38.1 Å². The van der Waals surface area contributed by atoms with Crippen LogP contribution in [0.3, 0.4) is 0 Å². The van der Waals surface area contributed by atoms with Crippen molar-refractivity contribution >= 4 is 17.5 Å². The fraction of sp³-hybridized carbons (Fsp3) is 0.227. The van der Waals surface area contributed by atoms with Crippen LogP contribution in [0.15, 0.2) is 71.8 Å². The maximum absolute atomic E-state index is 12.5. The molecule has 1 aromatic heterocycles. The van der Waals surface area contributed by atoms with Crippen LogP contribution in [-0.4, -0.2) is 27.6 Å². The molecule has 0 fully saturated rings. The minimum atomic E-state index is -1.08. The molecule has 0 atom stereocenters. The molecule has 150 valence electrons. The van der Waals surface area contributed by atoms with Gasteiger partial charge in [-0.2, -0.15) is 0 Å². The van der Waals surface area contributed by atoms with Crippen molar-refractivity contribution < 1.29 is 9.53 Å². The second-order valence-corrected chi connectivity index (χ2v) is 7.43. The molecule has 3 aromatic rings. The van der Waals surface area contributed by atoms with Crippen molar-refractivity contribution in [1.82, 2.24) is 14.9 Å². The van der Waals surface area contributed by atoms with Gasteiger partial charge in [0.1, 0.15) is 5.75 Å². The van der Waals surface area contributed by atoms with E-state index in [2.05, 4.69) is 10.3 Å². The van der Waals surface area contributed by atoms with Gasteiger partial charge in [-0.25, -0.2) is 4.98 Å². The Labute approximate surface area is 174 Å². The van der Waals surface area contributed by atoms with Gasteiger partial charge in [0.05, 0.1) is 12.0 Å². The summed E-state index contributed by atoms with van der Waals surface area (Å²) in [7, 11) is 0. The quantitative estimate of drug-likeness (QED) is 0.645. The molecule has 29 heavy (non-hydrogen) atoms. The third-order valence-corrected chi connectivity index (χ3v) is 4.57. The molecule has 0 aliphatic rings. The van der Waals surface area contributed by atoms with Crippen molar-refractivity contribution in [2.75, 3.05) is 6.54 Å². The first-order valence-corrected chi connectivity index (χ1v) is 9.58. The van der Waals surface area contributed by atoms with Gasteiger partial charge in [-0.1, -0.05) is 41.9 Å². The molecule has 7 heteroatoms. The number of hydrogen-bond acceptors (Lipinski definition) is 4. The van der Waals surface area contributed by atoms with Crippen LogP contribution in [0, 0.1) is 0 Å². The zero-order valence-electron chi connectivity index (χ0n) is 16.3. The number of carbonyl (C=O) groups is 1. The summed E-state index contributed by atoms with van der Waals surface area (Å²) in [5.41, 5.74) is 0.248. The maximum atomic E-state index is 12.5. The monoisotopic (exact) mass is 411 g/mol. The topological polar surface area (TPSA) is 73.2 Å². The molecular formula is C22H22ClN3O3. The SMILES string of the molecule is CC(C)(Oc1ccc(Cl)cc1)C(=O)NCCn1cnc(-c2ccccc2)cc1=O. The number of hydrogen-bond donors (Lipinski definition) is 1. The van der Waals surface area contributed by atoms with Gasteiger partial charge in [-0.05, 0) is 38.1 Å². The van der Waals surface area contributed by atoms with Crippen LogP contribution in [0.2, 0.25) is 5.02 Å². The number of nitrogens with one attached hydrogen (secondary N) is 1. The van der Waals surface area contributed by atoms with Gasteiger partial charge in [0.15, 0.2) is 5.60 Å². The van der Waals surface area contributed by atoms with E-state index < -0.39 is 5.60 Å². The number of ether oxygens (including phenoxy) is 1. The lowest BCUT2D eigenvalue weighted by Gasteiger charge is -2.25. The third kappa shape index (κ3) is 5.45. The van der Waals surface area contributed by atoms with E-state index in [4.69, 9.17) is 16.3 Å². The van der Waals surface area contributed by atoms with Crippen LogP contribution in [-0.2, 0) is 11.3 Å². The number of amides is 1. The lowest BCUT2D eigenvalue weighted by Crippen LogP contribution is -2.47. The van der Waals surface area contributed by atoms with E-state index in [1.807, 2.05) is 30.3 Å². The summed E-state index contributed by atoms with van der Waals surface area (Å²) in [6.45, 7) is 3.95. The average Bonchev–Trinajstić information content (AvgIpc) is 2.71. The maximum Gasteiger partial charge on any atom is 0.263 e. The van der Waals surface area contributed by atoms with E-state index in [0.717, 1.165) is 5.56 Å². The molecule has 0 saturated carbocycles. The highest BCUT2D eigenvalue weighted by molar-refractivity contribution is 6.30. The van der Waals surface area contributed by atoms with Crippen molar-refractivity contribution in [2.45, 2.75) is 26.0 Å². The third-order valence-electron chi connectivity index (χ3n) is 4.32. The lowest BCUT2D eigenvalue weighted by molar-refractivity contribution is -0.134. The van der Waals surface area contributed by atoms with Crippen LogP contribution >= 0.6 is 11.6 Å². The second kappa shape index (κ2) is 8.92. The minimum absolute atomic E-state index is 0.176. The molecule has 1 amide bonds. The molecular weight excluding hydrogens is 390 g/mol. The molecule has 0 radical (unpaired) electrons. The first kappa shape index (κ1) is 20.6. The van der Waals surface area contributed by atoms with Gasteiger partial charge in [0.2, 0.25) is 0 Å². The highest BCUT2D eigenvalue weighted by Crippen LogP contribution is 2.21. The Hall–Kier alpha value is -3.12. The molecule has 0 bridgehead atoms. The number of aromatic nitrogens is 2. The van der Waals surface area contributed by atoms with E-state index >= 15 is 0 Å². The summed E-state index contributed by atoms with van der Waals surface area (Å²) in [6, 6.07) is 17.8. The largest absolute Gasteiger partial charge is 0.478 e. The molecule has 0 saturated heterocycles. The summed E-state index contributed by atoms with van der Waals surface area (Å²) in [6.07, 6.45) is 1.49. The van der Waals surface area contributed by atoms with Crippen LogP contribution in [0.25, 0.3) is 11.3 Å². The Morgan fingerprint density at radius 3 is 2.48 bits per heavy atom. The van der Waals surface area contributed by atoms with Gasteiger partial charge in [0.25, 0.3) is 11.5 Å². The number of nitrogens with zero attached hydrogens (tertiary/aromatic N) is 2. The van der Waals surface area contributed by atoms with Crippen molar-refractivity contribution in [3.63, 3.8) is 0 Å². The zero-order valence-corrected chi connectivity index (χ0v) is 17.0. The standard InChI is InChI=1S/C22H22ClN3O3/c1-22(2,29-18-10-8-17(23)9-11-18)21(28)24-12-13-26-15-25-19(14-20(26)27)16-6-4-3-5-7-16/h3-11,14-15H,12-13H2,1-2H3,(H,24,28). The van der Waals surface area contributed by atoms with Gasteiger partial charge >= 0.3 is 0 Å². The Kier molecular flexibility index (Phi) is 6.34. The van der Waals surface area contributed by atoms with Crippen LogP contribution in [0.1, 0.15) is 13.8 Å². The second-order valence-electron chi connectivity index (χ2n) is 6.99. The smallest absolute Gasteiger partial charge is 0.263 e. The highest BCUT2D eigenvalue weighted by atomic mass is 35.5. The first-order valence-electron chi connectivity index (χ1n) is 9.20. The number of carbonyl (C=O) groups excluding carboxylic acids is 1. The summed E-state index contributed by atoms with van der Waals surface area (Å²) < 4.78 is 7.22. The zero-order chi connectivity index (χ0) is 20.9. The van der Waals surface area contributed by atoms with Crippen LogP contribution in [0.5, 0.6) is 5.75 Å². The molecule has 1 N–H and O–H groups in total. The Morgan fingerprint density at radius 2 is 1.83 bits per heavy atom. The van der Waals surface area contributed by atoms with Crippen LogP contribution < -0.4 is 15.6 Å². The lowest BCUT2D eigenvalue weighted by atomic mass is 10.1. The Bertz CT molecular complexity index is 1030. The molecule has 2 aromatic carbocycles. The van der Waals surface area contributed by atoms with Crippen molar-refractivity contribution in [2.24, 2.45) is 0 Å². The fourth-order valence-electron chi connectivity index (χ4n) is 2.71. The van der Waals surface area contributed by atoms with Gasteiger partial charge < -0.3 is 10.1 Å². The summed E-state index contributed by atoms with van der Waals surface area (Å²) in [4.78, 5) is 29.1. The van der Waals surface area contributed by atoms with Gasteiger partial charge in [0, 0.05) is 29.7 Å². The Balaban J connectivity index is 1.57. The average molecular weight is 412 g/mol. The van der Waals surface area contributed by atoms with Crippen molar-refractivity contribution in [1.29, 1.82) is 0 Å². The Morgan fingerprint density at radius 1 is 1.14 bits per heavy atom. The molecule has 0 spiro atoms. The summed E-state index contributed by atoms with van der Waals surface area (Å²) in [5.74, 6) is 0.265. The highest BCUT2D eigenvalue weighted by Gasteiger charge is 2.29. The summed E-state index contributed by atoms with van der Waals surface area (Å²) in [5, 5.41) is 3.39. The van der Waals surface area contributed by atoms with Gasteiger partial charge in [-0.3, -0.25) is 14.2 Å². The van der Waals surface area contributed by atoms with E-state index in [-0.39, 0.29) is 18.0 Å². The van der Waals surface area contributed by atoms with E-state index in [1.165, 1.54) is 17.0 Å². The number of rotatable bonds is 7. The van der Waals surface area contributed by atoms with Gasteiger partial charge in [-0.15, -0.1) is 0 Å². The molecule has 3 rings (SSSR count). The minimum Gasteiger partial charge on any atom is -0.478 e. The predicted molar refractivity (Wildman–Crippen MR) is 113 cm³/mol. The molecule has 0 aliphatic carbocycles. The predicted octanol–water partition coefficient (Wildman–Crippen LogP) is 3.54. The number of benzene rings is 2. The fourth-order valence-corrected chi connectivity index (χ4v) is 2.83. The van der Waals surface area contributed by atoms with Crippen LogP contribution in [0.4, 0.5) is 0 Å². The molecule has 6 nitrogen and oxygen atoms in total. The molecule has 0 unspecified atom stereocenters. The van der Waals surface area contributed by atoms with E-state index in [9.17, 15) is 9.59 Å². The normalized spacial score (nSPS) is 11.1. The van der Waals surface area contributed by atoms with E-state index in [0.29, 0.717) is 23.0 Å². The molecule has 1 heterocycles. The first-order chi connectivity index (χ1) is 13.8. The molecule has 0 aliphatic heterocycles. The summed E-state index contributed by atoms with van der Waals surface area (Å²) >= 11 is 5.86. The number of halogens is 1. The van der Waals surface area contributed by atoms with Crippen molar-refractivity contribution in [3.8, 4) is 17.0 Å².